The van der Waals surface area contributed by atoms with Crippen molar-refractivity contribution in [2.75, 3.05) is 12.4 Å². The Hall–Kier alpha value is -1.09. The molecule has 0 saturated carbocycles. The lowest BCUT2D eigenvalue weighted by molar-refractivity contribution is 0.281. The van der Waals surface area contributed by atoms with Crippen molar-refractivity contribution in [3.8, 4) is 0 Å². The number of nitrogens with one attached hydrogen (secondary N) is 1. The molecule has 0 aromatic carbocycles. The van der Waals surface area contributed by atoms with Gasteiger partial charge >= 0.3 is 0 Å². The van der Waals surface area contributed by atoms with E-state index in [1.165, 1.54) is 0 Å². The predicted molar refractivity (Wildman–Crippen MR) is 38.5 cm³/mol. The molecule has 0 fully saturated rings. The number of nitrogens with zero attached hydrogens (tertiary/aromatic N) is 1. The molecule has 0 spiro atoms. The van der Waals surface area contributed by atoms with Crippen LogP contribution >= 0.6 is 0 Å². The topological polar surface area (TPSA) is 45.2 Å². The summed E-state index contributed by atoms with van der Waals surface area (Å²) in [5.41, 5.74) is 1.57. The van der Waals surface area contributed by atoms with E-state index in [0.29, 0.717) is 5.56 Å². The van der Waals surface area contributed by atoms with E-state index in [0.717, 1.165) is 5.69 Å². The minimum Gasteiger partial charge on any atom is -0.392 e. The van der Waals surface area contributed by atoms with E-state index in [2.05, 4.69) is 16.5 Å². The van der Waals surface area contributed by atoms with E-state index in [1.807, 2.05) is 0 Å². The Balaban J connectivity index is 2.96. The van der Waals surface area contributed by atoms with Crippen molar-refractivity contribution in [1.82, 2.24) is 4.98 Å². The van der Waals surface area contributed by atoms with E-state index in [-0.39, 0.29) is 6.61 Å². The smallest absolute Gasteiger partial charge is 0.0966 e. The molecule has 0 amide bonds. The molecule has 1 aromatic heterocycles. The molecule has 53 valence electrons. The zero-order chi connectivity index (χ0) is 7.40. The maximum Gasteiger partial charge on any atom is 0.0966 e. The largest absolute Gasteiger partial charge is 0.392 e. The van der Waals surface area contributed by atoms with E-state index < -0.39 is 0 Å². The molecule has 1 heterocycles. The van der Waals surface area contributed by atoms with Crippen LogP contribution in [0, 0.1) is 6.20 Å². The second-order valence-corrected chi connectivity index (χ2v) is 1.86. The molecule has 0 aliphatic carbocycles. The monoisotopic (exact) mass is 137 g/mol. The Morgan fingerprint density at radius 3 is 3.10 bits per heavy atom. The molecule has 0 saturated heterocycles. The van der Waals surface area contributed by atoms with E-state index in [9.17, 15) is 0 Å². The number of anilines is 1. The lowest BCUT2D eigenvalue weighted by Crippen LogP contribution is -1.95. The summed E-state index contributed by atoms with van der Waals surface area (Å²) in [5, 5.41) is 11.7. The molecular weight excluding hydrogens is 128 g/mol. The van der Waals surface area contributed by atoms with Crippen molar-refractivity contribution in [1.29, 1.82) is 0 Å². The Kier molecular flexibility index (Phi) is 2.23. The van der Waals surface area contributed by atoms with Crippen LogP contribution in [0.3, 0.4) is 0 Å². The first-order valence-electron chi connectivity index (χ1n) is 3.02. The van der Waals surface area contributed by atoms with Crippen LogP contribution in [-0.2, 0) is 6.61 Å². The molecule has 0 aliphatic rings. The summed E-state index contributed by atoms with van der Waals surface area (Å²) in [4.78, 5) is 3.74. The summed E-state index contributed by atoms with van der Waals surface area (Å²) in [6.45, 7) is -0.0238. The molecular formula is C7H9N2O. The zero-order valence-electron chi connectivity index (χ0n) is 5.76. The summed E-state index contributed by atoms with van der Waals surface area (Å²) in [5.74, 6) is 0. The van der Waals surface area contributed by atoms with Crippen LogP contribution in [0.15, 0.2) is 12.3 Å². The molecule has 3 heteroatoms. The minimum atomic E-state index is -0.0238. The molecule has 0 bridgehead atoms. The van der Waals surface area contributed by atoms with Crippen LogP contribution in [0.2, 0.25) is 0 Å². The summed E-state index contributed by atoms with van der Waals surface area (Å²) in [7, 11) is 1.79. The van der Waals surface area contributed by atoms with Gasteiger partial charge in [-0.05, 0) is 6.07 Å². The number of aliphatic hydroxyl groups excluding tert-OH is 1. The average Bonchev–Trinajstić information content (AvgIpc) is 2.04. The number of aromatic nitrogens is 1. The molecule has 10 heavy (non-hydrogen) atoms. The molecule has 1 rings (SSSR count). The zero-order valence-corrected chi connectivity index (χ0v) is 5.76. The van der Waals surface area contributed by atoms with Gasteiger partial charge in [-0.1, -0.05) is 0 Å². The Bertz CT molecular complexity index is 190. The van der Waals surface area contributed by atoms with E-state index in [1.54, 1.807) is 19.3 Å². The predicted octanol–water partition coefficient (Wildman–Crippen LogP) is 0.416. The summed E-state index contributed by atoms with van der Waals surface area (Å²) < 4.78 is 0. The summed E-state index contributed by atoms with van der Waals surface area (Å²) in [6.07, 6.45) is 4.31. The van der Waals surface area contributed by atoms with Crippen molar-refractivity contribution in [2.24, 2.45) is 0 Å². The van der Waals surface area contributed by atoms with Gasteiger partial charge < -0.3 is 10.4 Å². The van der Waals surface area contributed by atoms with Gasteiger partial charge in [-0.25, -0.2) is 0 Å². The third-order valence-electron chi connectivity index (χ3n) is 1.27. The van der Waals surface area contributed by atoms with Crippen LogP contribution in [0.5, 0.6) is 0 Å². The highest BCUT2D eigenvalue weighted by Crippen LogP contribution is 2.10. The molecule has 3 nitrogen and oxygen atoms in total. The number of hydrogen-bond acceptors (Lipinski definition) is 3. The van der Waals surface area contributed by atoms with Crippen LogP contribution in [-0.4, -0.2) is 17.1 Å². The van der Waals surface area contributed by atoms with Crippen molar-refractivity contribution in [3.05, 3.63) is 24.0 Å². The van der Waals surface area contributed by atoms with Gasteiger partial charge in [0.25, 0.3) is 0 Å². The van der Waals surface area contributed by atoms with Gasteiger partial charge in [0.2, 0.25) is 0 Å². The second kappa shape index (κ2) is 3.17. The number of rotatable bonds is 2. The first-order chi connectivity index (χ1) is 4.88. The molecule has 0 aliphatic heterocycles. The quantitative estimate of drug-likeness (QED) is 0.620. The highest BCUT2D eigenvalue weighted by atomic mass is 16.3. The van der Waals surface area contributed by atoms with Gasteiger partial charge in [0.15, 0.2) is 0 Å². The van der Waals surface area contributed by atoms with Crippen molar-refractivity contribution in [2.45, 2.75) is 6.61 Å². The molecule has 0 unspecified atom stereocenters. The highest BCUT2D eigenvalue weighted by Gasteiger charge is 1.96. The van der Waals surface area contributed by atoms with Crippen molar-refractivity contribution < 1.29 is 5.11 Å². The summed E-state index contributed by atoms with van der Waals surface area (Å²) >= 11 is 0. The molecule has 2 N–H and O–H groups in total. The first kappa shape index (κ1) is 7.02. The normalized spacial score (nSPS) is 9.40. The Morgan fingerprint density at radius 2 is 2.60 bits per heavy atom. The second-order valence-electron chi connectivity index (χ2n) is 1.86. The SMILES string of the molecule is CNc1ccn[c]c1CO. The Morgan fingerprint density at radius 1 is 1.80 bits per heavy atom. The van der Waals surface area contributed by atoms with Gasteiger partial charge in [0.05, 0.1) is 12.8 Å². The maximum absolute atomic E-state index is 8.74. The van der Waals surface area contributed by atoms with E-state index in [4.69, 9.17) is 5.11 Å². The highest BCUT2D eigenvalue weighted by molar-refractivity contribution is 5.47. The molecule has 0 atom stereocenters. The van der Waals surface area contributed by atoms with Crippen molar-refractivity contribution in [3.63, 3.8) is 0 Å². The van der Waals surface area contributed by atoms with Gasteiger partial charge in [-0.3, -0.25) is 4.98 Å². The summed E-state index contributed by atoms with van der Waals surface area (Å²) in [6, 6.07) is 1.79. The standard InChI is InChI=1S/C7H9N2O/c1-8-7-2-3-9-4-6(7)5-10/h2-3,10H,5H2,1H3,(H,8,9). The third kappa shape index (κ3) is 1.25. The maximum atomic E-state index is 8.74. The van der Waals surface area contributed by atoms with E-state index >= 15 is 0 Å². The number of hydrogen-bond donors (Lipinski definition) is 2. The van der Waals surface area contributed by atoms with Crippen molar-refractivity contribution >= 4 is 5.69 Å². The first-order valence-corrected chi connectivity index (χ1v) is 3.02. The fraction of sp³-hybridized carbons (Fsp3) is 0.286. The van der Waals surface area contributed by atoms with Crippen LogP contribution in [0.1, 0.15) is 5.56 Å². The van der Waals surface area contributed by atoms with Gasteiger partial charge in [-0.2, -0.15) is 0 Å². The minimum absolute atomic E-state index is 0.0238. The Labute approximate surface area is 59.7 Å². The molecule has 1 aromatic rings. The lowest BCUT2D eigenvalue weighted by Gasteiger charge is -2.02. The van der Waals surface area contributed by atoms with Crippen LogP contribution < -0.4 is 5.32 Å². The van der Waals surface area contributed by atoms with Crippen LogP contribution in [0.25, 0.3) is 0 Å². The lowest BCUT2D eigenvalue weighted by atomic mass is 10.2. The average molecular weight is 137 g/mol. The molecule has 1 radical (unpaired) electrons. The van der Waals surface area contributed by atoms with Crippen LogP contribution in [0.4, 0.5) is 5.69 Å². The number of aliphatic hydroxyl groups is 1. The van der Waals surface area contributed by atoms with Gasteiger partial charge in [0, 0.05) is 24.5 Å². The fourth-order valence-corrected chi connectivity index (χ4v) is 0.743. The number of pyridine rings is 1. The third-order valence-corrected chi connectivity index (χ3v) is 1.27. The van der Waals surface area contributed by atoms with Gasteiger partial charge in [-0.15, -0.1) is 0 Å². The fourth-order valence-electron chi connectivity index (χ4n) is 0.743. The van der Waals surface area contributed by atoms with Gasteiger partial charge in [0.1, 0.15) is 0 Å².